The van der Waals surface area contributed by atoms with Crippen molar-refractivity contribution in [2.24, 2.45) is 0 Å². The number of nitrogens with zero attached hydrogens (tertiary/aromatic N) is 4. The molecule has 0 spiro atoms. The third-order valence-electron chi connectivity index (χ3n) is 4.70. The van der Waals surface area contributed by atoms with Crippen molar-refractivity contribution in [2.75, 3.05) is 5.32 Å². The van der Waals surface area contributed by atoms with Crippen LogP contribution in [0.1, 0.15) is 20.9 Å². The van der Waals surface area contributed by atoms with Crippen molar-refractivity contribution >= 4 is 44.6 Å². The van der Waals surface area contributed by atoms with E-state index in [-0.39, 0.29) is 5.91 Å². The van der Waals surface area contributed by atoms with E-state index >= 15 is 0 Å². The Labute approximate surface area is 180 Å². The topological polar surface area (TPSA) is 72.7 Å². The first-order chi connectivity index (χ1) is 14.6. The molecule has 0 atom stereocenters. The number of carbonyl (C=O) groups is 1. The second kappa shape index (κ2) is 7.47. The number of anilines is 1. The predicted octanol–water partition coefficient (Wildman–Crippen LogP) is 5.47. The van der Waals surface area contributed by atoms with E-state index in [1.165, 1.54) is 11.3 Å². The molecule has 0 fully saturated rings. The van der Waals surface area contributed by atoms with Gasteiger partial charge in [-0.25, -0.2) is 15.0 Å². The average Bonchev–Trinajstić information content (AvgIpc) is 3.48. The van der Waals surface area contributed by atoms with Crippen LogP contribution in [-0.2, 0) is 0 Å². The molecular formula is C22H17N5OS2. The van der Waals surface area contributed by atoms with E-state index in [0.29, 0.717) is 4.88 Å². The van der Waals surface area contributed by atoms with Crippen LogP contribution in [0.4, 0.5) is 5.69 Å². The van der Waals surface area contributed by atoms with Crippen LogP contribution in [-0.4, -0.2) is 25.4 Å². The molecule has 0 bridgehead atoms. The van der Waals surface area contributed by atoms with Crippen LogP contribution in [0, 0.1) is 13.8 Å². The van der Waals surface area contributed by atoms with Gasteiger partial charge < -0.3 is 9.88 Å². The highest BCUT2D eigenvalue weighted by Crippen LogP contribution is 2.31. The van der Waals surface area contributed by atoms with Gasteiger partial charge in [0.25, 0.3) is 5.91 Å². The summed E-state index contributed by atoms with van der Waals surface area (Å²) in [5.74, 6) is -0.150. The van der Waals surface area contributed by atoms with Crippen molar-refractivity contribution in [1.82, 2.24) is 19.5 Å². The van der Waals surface area contributed by atoms with Gasteiger partial charge in [-0.05, 0) is 61.9 Å². The van der Waals surface area contributed by atoms with Crippen LogP contribution in [0.25, 0.3) is 26.0 Å². The zero-order chi connectivity index (χ0) is 20.7. The smallest absolute Gasteiger partial charge is 0.267 e. The number of rotatable bonds is 4. The number of amides is 1. The van der Waals surface area contributed by atoms with Crippen molar-refractivity contribution in [2.45, 2.75) is 13.8 Å². The fourth-order valence-corrected chi connectivity index (χ4v) is 5.01. The van der Waals surface area contributed by atoms with Crippen molar-refractivity contribution < 1.29 is 4.79 Å². The summed E-state index contributed by atoms with van der Waals surface area (Å²) in [5.41, 5.74) is 4.38. The molecule has 0 radical (unpaired) electrons. The number of thiazole rings is 2. The third kappa shape index (κ3) is 3.40. The van der Waals surface area contributed by atoms with Gasteiger partial charge in [0.05, 0.1) is 5.69 Å². The fraction of sp³-hybridized carbons (Fsp3) is 0.0909. The van der Waals surface area contributed by atoms with Crippen LogP contribution >= 0.6 is 22.7 Å². The molecule has 1 aromatic carbocycles. The van der Waals surface area contributed by atoms with Crippen molar-refractivity contribution in [3.63, 3.8) is 0 Å². The zero-order valence-corrected chi connectivity index (χ0v) is 17.9. The summed E-state index contributed by atoms with van der Waals surface area (Å²) < 4.78 is 1.90. The van der Waals surface area contributed by atoms with Gasteiger partial charge in [-0.3, -0.25) is 4.79 Å². The van der Waals surface area contributed by atoms with Crippen molar-refractivity contribution in [3.05, 3.63) is 77.2 Å². The second-order valence-corrected chi connectivity index (χ2v) is 8.79. The van der Waals surface area contributed by atoms with Crippen LogP contribution in [0.3, 0.4) is 0 Å². The minimum Gasteiger partial charge on any atom is -0.321 e. The Morgan fingerprint density at radius 3 is 2.63 bits per heavy atom. The lowest BCUT2D eigenvalue weighted by molar-refractivity contribution is 0.102. The first-order valence-electron chi connectivity index (χ1n) is 9.33. The van der Waals surface area contributed by atoms with E-state index in [2.05, 4.69) is 20.3 Å². The Hall–Kier alpha value is -3.36. The zero-order valence-electron chi connectivity index (χ0n) is 16.3. The maximum atomic E-state index is 12.9. The Morgan fingerprint density at radius 2 is 1.87 bits per heavy atom. The molecule has 4 heterocycles. The number of pyridine rings is 1. The van der Waals surface area contributed by atoms with Gasteiger partial charge in [0.1, 0.15) is 20.2 Å². The molecule has 5 rings (SSSR count). The van der Waals surface area contributed by atoms with E-state index in [0.717, 1.165) is 43.0 Å². The monoisotopic (exact) mass is 431 g/mol. The molecule has 0 unspecified atom stereocenters. The van der Waals surface area contributed by atoms with E-state index in [9.17, 15) is 4.79 Å². The Bertz CT molecular complexity index is 1330. The molecule has 8 heteroatoms. The molecule has 1 N–H and O–H groups in total. The fourth-order valence-electron chi connectivity index (χ4n) is 3.17. The van der Waals surface area contributed by atoms with Gasteiger partial charge in [0, 0.05) is 29.8 Å². The Morgan fingerprint density at radius 1 is 1.03 bits per heavy atom. The lowest BCUT2D eigenvalue weighted by Crippen LogP contribution is -2.12. The molecule has 0 saturated carbocycles. The van der Waals surface area contributed by atoms with Gasteiger partial charge in [0.15, 0.2) is 5.13 Å². The van der Waals surface area contributed by atoms with Crippen LogP contribution in [0.15, 0.2) is 61.1 Å². The lowest BCUT2D eigenvalue weighted by atomic mass is 10.1. The van der Waals surface area contributed by atoms with E-state index < -0.39 is 0 Å². The molecule has 1 amide bonds. The highest BCUT2D eigenvalue weighted by molar-refractivity contribution is 7.21. The first-order valence-corrected chi connectivity index (χ1v) is 11.0. The van der Waals surface area contributed by atoms with Crippen LogP contribution < -0.4 is 5.32 Å². The number of fused-ring (bicyclic) bond motifs is 1. The van der Waals surface area contributed by atoms with Crippen molar-refractivity contribution in [3.8, 4) is 15.7 Å². The number of hydrogen-bond donors (Lipinski definition) is 1. The molecular weight excluding hydrogens is 414 g/mol. The quantitative estimate of drug-likeness (QED) is 0.409. The number of benzene rings is 1. The summed E-state index contributed by atoms with van der Waals surface area (Å²) in [5, 5.41) is 4.72. The summed E-state index contributed by atoms with van der Waals surface area (Å²) >= 11 is 2.94. The number of carbonyl (C=O) groups excluding carboxylic acids is 1. The second-order valence-electron chi connectivity index (χ2n) is 6.83. The molecule has 0 aliphatic carbocycles. The lowest BCUT2D eigenvalue weighted by Gasteiger charge is -2.09. The largest absolute Gasteiger partial charge is 0.321 e. The summed E-state index contributed by atoms with van der Waals surface area (Å²) in [6.07, 6.45) is 5.61. The molecule has 0 saturated heterocycles. The number of hydrogen-bond acceptors (Lipinski definition) is 6. The van der Waals surface area contributed by atoms with Gasteiger partial charge >= 0.3 is 0 Å². The maximum absolute atomic E-state index is 12.9. The van der Waals surface area contributed by atoms with Crippen LogP contribution in [0.5, 0.6) is 0 Å². The number of aromatic nitrogens is 4. The van der Waals surface area contributed by atoms with E-state index in [4.69, 9.17) is 0 Å². The highest BCUT2D eigenvalue weighted by atomic mass is 32.1. The first kappa shape index (κ1) is 18.7. The summed E-state index contributed by atoms with van der Waals surface area (Å²) in [6.45, 7) is 3.84. The predicted molar refractivity (Wildman–Crippen MR) is 122 cm³/mol. The Balaban J connectivity index is 1.39. The van der Waals surface area contributed by atoms with E-state index in [1.54, 1.807) is 17.5 Å². The molecule has 30 heavy (non-hydrogen) atoms. The standard InChI is InChI=1S/C22H17N5OS2/c1-13-12-15(20-26-17-6-5-9-23-21(17)30-20)7-8-16(13)25-19(28)18-14(2)24-22(29-18)27-10-3-4-11-27/h3-12H,1-2H3,(H,25,28). The number of nitrogens with one attached hydrogen (secondary N) is 1. The normalized spacial score (nSPS) is 11.1. The summed E-state index contributed by atoms with van der Waals surface area (Å²) in [7, 11) is 0. The minimum atomic E-state index is -0.150. The van der Waals surface area contributed by atoms with Gasteiger partial charge in [-0.2, -0.15) is 0 Å². The minimum absolute atomic E-state index is 0.150. The molecule has 5 aromatic rings. The summed E-state index contributed by atoms with van der Waals surface area (Å²) in [6, 6.07) is 13.7. The highest BCUT2D eigenvalue weighted by Gasteiger charge is 2.17. The molecule has 6 nitrogen and oxygen atoms in total. The molecule has 0 aliphatic rings. The van der Waals surface area contributed by atoms with Gasteiger partial charge in [-0.1, -0.05) is 22.7 Å². The van der Waals surface area contributed by atoms with Gasteiger partial charge in [-0.15, -0.1) is 0 Å². The molecule has 4 aromatic heterocycles. The summed E-state index contributed by atoms with van der Waals surface area (Å²) in [4.78, 5) is 27.9. The number of aryl methyl sites for hydroxylation is 2. The molecule has 0 aliphatic heterocycles. The van der Waals surface area contributed by atoms with Crippen molar-refractivity contribution in [1.29, 1.82) is 0 Å². The SMILES string of the molecule is Cc1cc(-c2nc3cccnc3s2)ccc1NC(=O)c1sc(-n2cccc2)nc1C. The molecule has 148 valence electrons. The maximum Gasteiger partial charge on any atom is 0.267 e. The van der Waals surface area contributed by atoms with Crippen LogP contribution in [0.2, 0.25) is 0 Å². The van der Waals surface area contributed by atoms with E-state index in [1.807, 2.05) is 73.3 Å². The van der Waals surface area contributed by atoms with Gasteiger partial charge in [0.2, 0.25) is 0 Å². The Kier molecular flexibility index (Phi) is 4.65. The third-order valence-corrected chi connectivity index (χ3v) is 6.90. The average molecular weight is 432 g/mol.